The monoisotopic (exact) mass is 328 g/mol. The second-order valence-corrected chi connectivity index (χ2v) is 5.50. The topological polar surface area (TPSA) is 64.3 Å². The summed E-state index contributed by atoms with van der Waals surface area (Å²) in [6.45, 7) is 6.32. The van der Waals surface area contributed by atoms with Crippen LogP contribution in [0, 0.1) is 6.92 Å². The van der Waals surface area contributed by atoms with Crippen molar-refractivity contribution >= 4 is 21.8 Å². The number of aryl methyl sites for hydroxylation is 1. The van der Waals surface area contributed by atoms with Crippen LogP contribution in [0.5, 0.6) is 5.75 Å². The lowest BCUT2D eigenvalue weighted by Gasteiger charge is -2.15. The van der Waals surface area contributed by atoms with E-state index in [1.807, 2.05) is 32.9 Å². The molecule has 1 rings (SSSR count). The van der Waals surface area contributed by atoms with Crippen molar-refractivity contribution in [1.29, 1.82) is 0 Å². The van der Waals surface area contributed by atoms with Gasteiger partial charge in [-0.1, -0.05) is 22.9 Å². The average molecular weight is 329 g/mol. The molecule has 106 valence electrons. The second-order valence-electron chi connectivity index (χ2n) is 4.58. The number of benzene rings is 1. The van der Waals surface area contributed by atoms with Gasteiger partial charge in [-0.15, -0.1) is 0 Å². The molecule has 0 spiro atoms. The molecule has 5 heteroatoms. The predicted molar refractivity (Wildman–Crippen MR) is 80.2 cm³/mol. The van der Waals surface area contributed by atoms with E-state index in [-0.39, 0.29) is 18.6 Å². The summed E-state index contributed by atoms with van der Waals surface area (Å²) in [5.41, 5.74) is 7.55. The summed E-state index contributed by atoms with van der Waals surface area (Å²) in [6, 6.07) is 4.02. The lowest BCUT2D eigenvalue weighted by atomic mass is 10.1. The zero-order valence-corrected chi connectivity index (χ0v) is 13.2. The Morgan fingerprint density at radius 1 is 1.53 bits per heavy atom. The number of carbonyl (C=O) groups excluding carboxylic acids is 1. The van der Waals surface area contributed by atoms with Crippen LogP contribution in [0.4, 0.5) is 0 Å². The van der Waals surface area contributed by atoms with Crippen LogP contribution in [0.1, 0.15) is 31.4 Å². The fourth-order valence-corrected chi connectivity index (χ4v) is 2.33. The normalized spacial score (nSPS) is 12.1. The van der Waals surface area contributed by atoms with Gasteiger partial charge < -0.3 is 15.8 Å². The smallest absolute Gasteiger partial charge is 0.258 e. The molecule has 1 atom stereocenters. The number of amides is 1. The van der Waals surface area contributed by atoms with Gasteiger partial charge in [-0.05, 0) is 38.0 Å². The molecule has 1 amide bonds. The summed E-state index contributed by atoms with van der Waals surface area (Å²) >= 11 is 3.42. The zero-order chi connectivity index (χ0) is 14.4. The van der Waals surface area contributed by atoms with Crippen LogP contribution < -0.4 is 15.8 Å². The van der Waals surface area contributed by atoms with Gasteiger partial charge in [0.1, 0.15) is 5.75 Å². The third-order valence-corrected chi connectivity index (χ3v) is 3.36. The average Bonchev–Trinajstić information content (AvgIpc) is 2.36. The van der Waals surface area contributed by atoms with Crippen LogP contribution in [0.15, 0.2) is 16.6 Å². The van der Waals surface area contributed by atoms with Gasteiger partial charge in [0.2, 0.25) is 0 Å². The minimum Gasteiger partial charge on any atom is -0.483 e. The van der Waals surface area contributed by atoms with Gasteiger partial charge in [-0.25, -0.2) is 0 Å². The van der Waals surface area contributed by atoms with Gasteiger partial charge in [-0.3, -0.25) is 4.79 Å². The molecule has 0 heterocycles. The SMILES string of the molecule is CCC(C)NC(=O)COc1c(C)cc(Br)cc1CN. The Bertz CT molecular complexity index is 449. The largest absolute Gasteiger partial charge is 0.483 e. The number of ether oxygens (including phenoxy) is 1. The summed E-state index contributed by atoms with van der Waals surface area (Å²) in [6.07, 6.45) is 0.900. The number of nitrogens with two attached hydrogens (primary N) is 1. The summed E-state index contributed by atoms with van der Waals surface area (Å²) in [5, 5.41) is 2.86. The van der Waals surface area contributed by atoms with E-state index in [0.717, 1.165) is 22.0 Å². The van der Waals surface area contributed by atoms with Gasteiger partial charge >= 0.3 is 0 Å². The maximum Gasteiger partial charge on any atom is 0.258 e. The van der Waals surface area contributed by atoms with Crippen LogP contribution in [-0.2, 0) is 11.3 Å². The number of nitrogens with one attached hydrogen (secondary N) is 1. The first-order chi connectivity index (χ1) is 8.97. The van der Waals surface area contributed by atoms with E-state index in [4.69, 9.17) is 10.5 Å². The van der Waals surface area contributed by atoms with Crippen LogP contribution in [0.3, 0.4) is 0 Å². The Hall–Kier alpha value is -1.07. The molecule has 0 radical (unpaired) electrons. The van der Waals surface area contributed by atoms with Gasteiger partial charge in [0.05, 0.1) is 0 Å². The van der Waals surface area contributed by atoms with Crippen molar-refractivity contribution in [3.05, 3.63) is 27.7 Å². The third kappa shape index (κ3) is 4.84. The Kier molecular flexibility index (Phi) is 6.31. The highest BCUT2D eigenvalue weighted by Crippen LogP contribution is 2.27. The first kappa shape index (κ1) is 16.0. The maximum absolute atomic E-state index is 11.7. The summed E-state index contributed by atoms with van der Waals surface area (Å²) in [4.78, 5) is 11.7. The molecule has 1 unspecified atom stereocenters. The van der Waals surface area contributed by atoms with Crippen molar-refractivity contribution in [2.24, 2.45) is 5.73 Å². The summed E-state index contributed by atoms with van der Waals surface area (Å²) < 4.78 is 6.57. The minimum absolute atomic E-state index is 0.0137. The first-order valence-electron chi connectivity index (χ1n) is 6.39. The molecule has 0 aliphatic carbocycles. The molecule has 3 N–H and O–H groups in total. The molecule has 1 aromatic carbocycles. The molecule has 0 saturated carbocycles. The number of rotatable bonds is 6. The van der Waals surface area contributed by atoms with Crippen LogP contribution in [0.25, 0.3) is 0 Å². The first-order valence-corrected chi connectivity index (χ1v) is 7.18. The van der Waals surface area contributed by atoms with E-state index in [1.165, 1.54) is 0 Å². The predicted octanol–water partition coefficient (Wildman–Crippen LogP) is 2.51. The summed E-state index contributed by atoms with van der Waals surface area (Å²) in [7, 11) is 0. The number of hydrogen-bond acceptors (Lipinski definition) is 3. The third-order valence-electron chi connectivity index (χ3n) is 2.90. The van der Waals surface area contributed by atoms with Crippen molar-refractivity contribution in [2.45, 2.75) is 39.8 Å². The van der Waals surface area contributed by atoms with Crippen molar-refractivity contribution in [3.63, 3.8) is 0 Å². The second kappa shape index (κ2) is 7.50. The van der Waals surface area contributed by atoms with Gasteiger partial charge in [-0.2, -0.15) is 0 Å². The molecule has 0 fully saturated rings. The Balaban J connectivity index is 2.70. The highest BCUT2D eigenvalue weighted by atomic mass is 79.9. The molecule has 0 aliphatic heterocycles. The van der Waals surface area contributed by atoms with Crippen molar-refractivity contribution < 1.29 is 9.53 Å². The summed E-state index contributed by atoms with van der Waals surface area (Å²) in [5.74, 6) is 0.588. The van der Waals surface area contributed by atoms with Crippen LogP contribution >= 0.6 is 15.9 Å². The lowest BCUT2D eigenvalue weighted by molar-refractivity contribution is -0.123. The number of carbonyl (C=O) groups is 1. The van der Waals surface area contributed by atoms with E-state index in [1.54, 1.807) is 0 Å². The van der Waals surface area contributed by atoms with E-state index in [0.29, 0.717) is 12.3 Å². The van der Waals surface area contributed by atoms with Crippen LogP contribution in [-0.4, -0.2) is 18.6 Å². The molecule has 0 saturated heterocycles. The lowest BCUT2D eigenvalue weighted by Crippen LogP contribution is -2.35. The molecule has 0 bridgehead atoms. The molecule has 1 aromatic rings. The maximum atomic E-state index is 11.7. The van der Waals surface area contributed by atoms with E-state index >= 15 is 0 Å². The van der Waals surface area contributed by atoms with E-state index in [2.05, 4.69) is 21.2 Å². The molecular weight excluding hydrogens is 308 g/mol. The Morgan fingerprint density at radius 3 is 2.79 bits per heavy atom. The van der Waals surface area contributed by atoms with Crippen molar-refractivity contribution in [3.8, 4) is 5.75 Å². The molecule has 19 heavy (non-hydrogen) atoms. The number of hydrogen-bond donors (Lipinski definition) is 2. The number of halogens is 1. The fraction of sp³-hybridized carbons (Fsp3) is 0.500. The molecule has 0 aromatic heterocycles. The van der Waals surface area contributed by atoms with Gasteiger partial charge in [0.15, 0.2) is 6.61 Å². The van der Waals surface area contributed by atoms with Crippen molar-refractivity contribution in [1.82, 2.24) is 5.32 Å². The Labute approximate surface area is 122 Å². The highest BCUT2D eigenvalue weighted by molar-refractivity contribution is 9.10. The van der Waals surface area contributed by atoms with Crippen LogP contribution in [0.2, 0.25) is 0 Å². The van der Waals surface area contributed by atoms with Gasteiger partial charge in [0.25, 0.3) is 5.91 Å². The standard InChI is InChI=1S/C14H21BrN2O2/c1-4-10(3)17-13(18)8-19-14-9(2)5-12(15)6-11(14)7-16/h5-6,10H,4,7-8,16H2,1-3H3,(H,17,18). The highest BCUT2D eigenvalue weighted by Gasteiger charge is 2.11. The van der Waals surface area contributed by atoms with E-state index < -0.39 is 0 Å². The minimum atomic E-state index is -0.111. The molecule has 4 nitrogen and oxygen atoms in total. The molecular formula is C14H21BrN2O2. The zero-order valence-electron chi connectivity index (χ0n) is 11.6. The van der Waals surface area contributed by atoms with E-state index in [9.17, 15) is 4.79 Å². The quantitative estimate of drug-likeness (QED) is 0.843. The Morgan fingerprint density at radius 2 is 2.21 bits per heavy atom. The van der Waals surface area contributed by atoms with Gasteiger partial charge in [0, 0.05) is 22.6 Å². The molecule has 0 aliphatic rings. The van der Waals surface area contributed by atoms with Crippen molar-refractivity contribution in [2.75, 3.05) is 6.61 Å². The fourth-order valence-electron chi connectivity index (χ4n) is 1.71.